The molecule has 0 amide bonds. The molecule has 2 aromatic rings. The van der Waals surface area contributed by atoms with Crippen molar-refractivity contribution < 1.29 is 30.8 Å². The lowest BCUT2D eigenvalue weighted by molar-refractivity contribution is -0.135. The quantitative estimate of drug-likeness (QED) is 0.464. The van der Waals surface area contributed by atoms with Crippen LogP contribution in [0.1, 0.15) is 38.7 Å². The van der Waals surface area contributed by atoms with Crippen LogP contribution >= 0.6 is 27.5 Å². The highest BCUT2D eigenvalue weighted by Crippen LogP contribution is 2.48. The minimum absolute atomic E-state index is 0.0841. The zero-order chi connectivity index (χ0) is 20.1. The lowest BCUT2D eigenvalue weighted by Gasteiger charge is -2.30. The van der Waals surface area contributed by atoms with Gasteiger partial charge in [0.25, 0.3) is 0 Å². The summed E-state index contributed by atoms with van der Waals surface area (Å²) in [7, 11) is -4.89. The molecule has 0 saturated heterocycles. The van der Waals surface area contributed by atoms with Gasteiger partial charge in [-0.15, -0.1) is 0 Å². The minimum Gasteiger partial charge on any atom is -0.290 e. The molecule has 1 aliphatic rings. The number of hydrogen-bond acceptors (Lipinski definition) is 5. The Balaban J connectivity index is 2.32. The molecule has 3 rings (SSSR count). The van der Waals surface area contributed by atoms with Gasteiger partial charge in [-0.25, -0.2) is 17.8 Å². The molecule has 2 unspecified atom stereocenters. The number of sulfone groups is 1. The van der Waals surface area contributed by atoms with Crippen molar-refractivity contribution in [2.45, 2.75) is 23.1 Å². The number of Topliss-reactive ketones (excluding diaryl/α,β-unsaturated/α-hetero) is 1. The normalized spacial score (nSPS) is 21.8. The summed E-state index contributed by atoms with van der Waals surface area (Å²) in [5, 5.41) is -4.90. The SMILES string of the molecule is O=C1c2nccnc2C(CC(F)(F)F)S(=O)(=O)C1c1c(F)ccc(Br)c1Cl. The molecule has 1 aliphatic heterocycles. The molecule has 0 N–H and O–H groups in total. The van der Waals surface area contributed by atoms with E-state index in [0.29, 0.717) is 0 Å². The number of benzene rings is 1. The highest BCUT2D eigenvalue weighted by atomic mass is 79.9. The summed E-state index contributed by atoms with van der Waals surface area (Å²) in [5.74, 6) is -2.32. The van der Waals surface area contributed by atoms with E-state index in [2.05, 4.69) is 25.9 Å². The molecule has 2 atom stereocenters. The Morgan fingerprint density at radius 1 is 1.19 bits per heavy atom. The van der Waals surface area contributed by atoms with Gasteiger partial charge in [0.05, 0.1) is 17.1 Å². The van der Waals surface area contributed by atoms with Crippen molar-refractivity contribution in [2.24, 2.45) is 0 Å². The Morgan fingerprint density at radius 3 is 2.44 bits per heavy atom. The fraction of sp³-hybridized carbons (Fsp3) is 0.267. The molecule has 27 heavy (non-hydrogen) atoms. The van der Waals surface area contributed by atoms with Gasteiger partial charge in [-0.05, 0) is 28.1 Å². The summed E-state index contributed by atoms with van der Waals surface area (Å²) in [6, 6.07) is 2.04. The molecular weight excluding hydrogens is 480 g/mol. The number of carbonyl (C=O) groups excluding carboxylic acids is 1. The Hall–Kier alpha value is -1.59. The number of halogens is 6. The van der Waals surface area contributed by atoms with E-state index in [4.69, 9.17) is 11.6 Å². The van der Waals surface area contributed by atoms with E-state index in [9.17, 15) is 30.8 Å². The monoisotopic (exact) mass is 486 g/mol. The molecule has 2 heterocycles. The third kappa shape index (κ3) is 3.47. The average molecular weight is 488 g/mol. The summed E-state index contributed by atoms with van der Waals surface area (Å²) in [4.78, 5) is 20.1. The number of nitrogens with zero attached hydrogens (tertiary/aromatic N) is 2. The summed E-state index contributed by atoms with van der Waals surface area (Å²) in [5.41, 5.74) is -1.89. The van der Waals surface area contributed by atoms with Gasteiger partial charge in [0.15, 0.2) is 15.1 Å². The second kappa shape index (κ2) is 6.78. The Bertz CT molecular complexity index is 1050. The molecular formula is C15H8BrClF4N2O3S. The Morgan fingerprint density at radius 2 is 1.81 bits per heavy atom. The number of hydrogen-bond donors (Lipinski definition) is 0. The van der Waals surface area contributed by atoms with Gasteiger partial charge in [0, 0.05) is 22.4 Å². The van der Waals surface area contributed by atoms with Crippen molar-refractivity contribution in [3.8, 4) is 0 Å². The first kappa shape index (κ1) is 20.2. The first-order valence-corrected chi connectivity index (χ1v) is 10.0. The van der Waals surface area contributed by atoms with E-state index in [-0.39, 0.29) is 4.47 Å². The molecule has 1 aromatic heterocycles. The Labute approximate surface area is 163 Å². The van der Waals surface area contributed by atoms with E-state index in [1.807, 2.05) is 0 Å². The summed E-state index contributed by atoms with van der Waals surface area (Å²) in [6.45, 7) is 0. The predicted octanol–water partition coefficient (Wildman–Crippen LogP) is 4.38. The van der Waals surface area contributed by atoms with Crippen molar-refractivity contribution in [3.63, 3.8) is 0 Å². The fourth-order valence-corrected chi connectivity index (χ4v) is 5.74. The highest BCUT2D eigenvalue weighted by molar-refractivity contribution is 9.10. The fourth-order valence-electron chi connectivity index (χ4n) is 2.87. The van der Waals surface area contributed by atoms with E-state index in [1.54, 1.807) is 0 Å². The first-order valence-electron chi connectivity index (χ1n) is 7.23. The molecule has 0 fully saturated rings. The van der Waals surface area contributed by atoms with Crippen molar-refractivity contribution in [3.05, 3.63) is 56.8 Å². The predicted molar refractivity (Wildman–Crippen MR) is 90.5 cm³/mol. The molecule has 0 spiro atoms. The van der Waals surface area contributed by atoms with E-state index in [0.717, 1.165) is 18.5 Å². The Kier molecular flexibility index (Phi) is 5.06. The van der Waals surface area contributed by atoms with Gasteiger partial charge >= 0.3 is 6.18 Å². The van der Waals surface area contributed by atoms with E-state index < -0.39 is 66.5 Å². The van der Waals surface area contributed by atoms with Crippen molar-refractivity contribution in [2.75, 3.05) is 0 Å². The minimum atomic E-state index is -4.89. The highest BCUT2D eigenvalue weighted by Gasteiger charge is 2.53. The molecule has 0 aliphatic carbocycles. The zero-order valence-electron chi connectivity index (χ0n) is 13.0. The van der Waals surface area contributed by atoms with Gasteiger partial charge in [-0.3, -0.25) is 9.78 Å². The van der Waals surface area contributed by atoms with Gasteiger partial charge in [-0.2, -0.15) is 13.2 Å². The molecule has 0 saturated carbocycles. The average Bonchev–Trinajstić information content (AvgIpc) is 2.57. The van der Waals surface area contributed by atoms with Crippen LogP contribution in [0.3, 0.4) is 0 Å². The van der Waals surface area contributed by atoms with Crippen LogP contribution in [-0.2, 0) is 9.84 Å². The first-order chi connectivity index (χ1) is 12.4. The third-order valence-corrected chi connectivity index (χ3v) is 7.57. The number of aromatic nitrogens is 2. The van der Waals surface area contributed by atoms with Gasteiger partial charge < -0.3 is 0 Å². The second-order valence-corrected chi connectivity index (χ2v) is 9.14. The maximum Gasteiger partial charge on any atom is 0.390 e. The lowest BCUT2D eigenvalue weighted by Crippen LogP contribution is -2.37. The third-order valence-electron chi connectivity index (χ3n) is 3.99. The molecule has 0 bridgehead atoms. The number of fused-ring (bicyclic) bond motifs is 1. The van der Waals surface area contributed by atoms with Crippen LogP contribution in [-0.4, -0.2) is 30.3 Å². The maximum absolute atomic E-state index is 14.4. The molecule has 1 aromatic carbocycles. The molecule has 144 valence electrons. The van der Waals surface area contributed by atoms with Crippen molar-refractivity contribution in [1.29, 1.82) is 0 Å². The van der Waals surface area contributed by atoms with Crippen LogP contribution in [0, 0.1) is 5.82 Å². The van der Waals surface area contributed by atoms with Gasteiger partial charge in [0.2, 0.25) is 5.78 Å². The van der Waals surface area contributed by atoms with Crippen molar-refractivity contribution in [1.82, 2.24) is 9.97 Å². The smallest absolute Gasteiger partial charge is 0.290 e. The van der Waals surface area contributed by atoms with Crippen LogP contribution in [0.4, 0.5) is 17.6 Å². The molecule has 12 heteroatoms. The van der Waals surface area contributed by atoms with Crippen LogP contribution in [0.5, 0.6) is 0 Å². The number of carbonyl (C=O) groups is 1. The number of alkyl halides is 3. The summed E-state index contributed by atoms with van der Waals surface area (Å²) < 4.78 is 79.4. The standard InChI is InChI=1S/C15H8BrClF4N2O3S/c16-6-1-2-7(18)9(10(6)17)14-13(24)12-11(22-3-4-23-12)8(27(14,25)26)5-15(19,20)21/h1-4,8,14H,5H2. The summed E-state index contributed by atoms with van der Waals surface area (Å²) in [6.07, 6.45) is -4.65. The molecule has 5 nitrogen and oxygen atoms in total. The lowest BCUT2D eigenvalue weighted by atomic mass is 10.0. The summed E-state index contributed by atoms with van der Waals surface area (Å²) >= 11 is 8.96. The van der Waals surface area contributed by atoms with Crippen molar-refractivity contribution >= 4 is 43.2 Å². The molecule has 0 radical (unpaired) electrons. The zero-order valence-corrected chi connectivity index (χ0v) is 16.1. The topological polar surface area (TPSA) is 77.0 Å². The van der Waals surface area contributed by atoms with Crippen LogP contribution in [0.15, 0.2) is 29.0 Å². The van der Waals surface area contributed by atoms with Crippen LogP contribution < -0.4 is 0 Å². The van der Waals surface area contributed by atoms with Gasteiger partial charge in [-0.1, -0.05) is 11.6 Å². The van der Waals surface area contributed by atoms with E-state index in [1.165, 1.54) is 6.07 Å². The maximum atomic E-state index is 14.4. The van der Waals surface area contributed by atoms with E-state index >= 15 is 0 Å². The number of ketones is 1. The second-order valence-electron chi connectivity index (χ2n) is 5.69. The van der Waals surface area contributed by atoms with Crippen LogP contribution in [0.2, 0.25) is 5.02 Å². The van der Waals surface area contributed by atoms with Crippen LogP contribution in [0.25, 0.3) is 0 Å². The number of rotatable bonds is 2. The van der Waals surface area contributed by atoms with Gasteiger partial charge in [0.1, 0.15) is 16.8 Å². The largest absolute Gasteiger partial charge is 0.390 e.